The summed E-state index contributed by atoms with van der Waals surface area (Å²) in [5.74, 6) is -3.17. The molecule has 0 unspecified atom stereocenters. The second kappa shape index (κ2) is 21.1. The molecular formula is C36H60N4O10S2. The number of rotatable bonds is 20. The van der Waals surface area contributed by atoms with Crippen LogP contribution in [0.3, 0.4) is 0 Å². The Kier molecular flexibility index (Phi) is 19.1. The highest BCUT2D eigenvalue weighted by molar-refractivity contribution is 8.76. The molecule has 0 amide bonds. The maximum Gasteiger partial charge on any atom is 0.321 e. The van der Waals surface area contributed by atoms with Gasteiger partial charge in [-0.3, -0.25) is 38.7 Å². The summed E-state index contributed by atoms with van der Waals surface area (Å²) in [7, 11) is 2.65. The third kappa shape index (κ3) is 23.6. The van der Waals surface area contributed by atoms with E-state index < -0.39 is 58.3 Å². The number of carboxylic acids is 1. The van der Waals surface area contributed by atoms with Gasteiger partial charge in [0, 0.05) is 38.1 Å². The lowest BCUT2D eigenvalue weighted by atomic mass is 10.2. The SMILES string of the molecule is CC(C)(C)OC(=O)CN(CCN(CCN(CC(=O)OC(C)(C)C)CC(=O)OC(C)(C)C)[C@H](CSSc1ccccn1)C(=O)O)CC(=O)OC(C)(C)C. The van der Waals surface area contributed by atoms with E-state index in [4.69, 9.17) is 18.9 Å². The summed E-state index contributed by atoms with van der Waals surface area (Å²) in [6.45, 7) is 20.3. The maximum atomic E-state index is 12.9. The molecule has 16 heteroatoms. The number of carboxylic acid groups (broad SMARTS) is 1. The van der Waals surface area contributed by atoms with Gasteiger partial charge in [0.15, 0.2) is 0 Å². The molecule has 1 heterocycles. The van der Waals surface area contributed by atoms with E-state index in [0.29, 0.717) is 5.03 Å². The summed E-state index contributed by atoms with van der Waals surface area (Å²) in [6, 6.07) is 4.42. The molecule has 0 fully saturated rings. The molecule has 0 bridgehead atoms. The van der Waals surface area contributed by atoms with Gasteiger partial charge in [-0.25, -0.2) is 4.98 Å². The number of carbonyl (C=O) groups excluding carboxylic acids is 4. The minimum absolute atomic E-state index is 0.0957. The van der Waals surface area contributed by atoms with Crippen molar-refractivity contribution in [3.8, 4) is 0 Å². The first-order chi connectivity index (χ1) is 23.7. The van der Waals surface area contributed by atoms with E-state index in [1.807, 2.05) is 12.1 Å². The van der Waals surface area contributed by atoms with E-state index in [1.165, 1.54) is 21.6 Å². The highest BCUT2D eigenvalue weighted by atomic mass is 33.1. The van der Waals surface area contributed by atoms with Crippen molar-refractivity contribution < 1.29 is 48.0 Å². The Morgan fingerprint density at radius 2 is 1.00 bits per heavy atom. The predicted octanol–water partition coefficient (Wildman–Crippen LogP) is 4.55. The van der Waals surface area contributed by atoms with E-state index in [1.54, 1.807) is 110 Å². The van der Waals surface area contributed by atoms with Gasteiger partial charge < -0.3 is 24.1 Å². The lowest BCUT2D eigenvalue weighted by molar-refractivity contribution is -0.162. The van der Waals surface area contributed by atoms with Gasteiger partial charge in [0.1, 0.15) is 33.5 Å². The third-order valence-corrected chi connectivity index (χ3v) is 8.49. The Morgan fingerprint density at radius 1 is 0.635 bits per heavy atom. The Balaban J connectivity index is 3.39. The van der Waals surface area contributed by atoms with Crippen molar-refractivity contribution in [2.75, 3.05) is 58.1 Å². The van der Waals surface area contributed by atoms with E-state index in [-0.39, 0.29) is 58.1 Å². The number of carbonyl (C=O) groups is 5. The molecule has 1 rings (SSSR count). The highest BCUT2D eigenvalue weighted by Crippen LogP contribution is 2.30. The molecule has 0 aromatic carbocycles. The van der Waals surface area contributed by atoms with Crippen molar-refractivity contribution in [1.29, 1.82) is 0 Å². The van der Waals surface area contributed by atoms with E-state index in [0.717, 1.165) is 0 Å². The van der Waals surface area contributed by atoms with Crippen molar-refractivity contribution in [3.63, 3.8) is 0 Å². The lowest BCUT2D eigenvalue weighted by Gasteiger charge is -2.33. The largest absolute Gasteiger partial charge is 0.480 e. The van der Waals surface area contributed by atoms with Crippen molar-refractivity contribution >= 4 is 51.4 Å². The normalized spacial score (nSPS) is 13.2. The number of aromatic nitrogens is 1. The maximum absolute atomic E-state index is 12.9. The van der Waals surface area contributed by atoms with Crippen LogP contribution in [-0.4, -0.2) is 141 Å². The topological polar surface area (TPSA) is 165 Å². The van der Waals surface area contributed by atoms with Crippen molar-refractivity contribution in [2.45, 2.75) is 117 Å². The molecule has 0 saturated carbocycles. The molecule has 52 heavy (non-hydrogen) atoms. The van der Waals surface area contributed by atoms with Crippen LogP contribution >= 0.6 is 21.6 Å². The average molecular weight is 773 g/mol. The highest BCUT2D eigenvalue weighted by Gasteiger charge is 2.30. The average Bonchev–Trinajstić information content (AvgIpc) is 2.91. The lowest BCUT2D eigenvalue weighted by Crippen LogP contribution is -2.51. The standard InChI is InChI=1S/C36H60N4O10S2/c1-33(2,3)47-28(41)21-38(22-29(42)48-34(4,5)6)17-19-40(26(32(45)46)25-51-52-27-15-13-14-16-37-27)20-18-39(23-30(43)49-35(7,8)9)24-31(44)50-36(10,11)12/h13-16,26H,17-25H2,1-12H3,(H,45,46)/t26-/m1/s1. The fourth-order valence-electron chi connectivity index (χ4n) is 4.50. The quantitative estimate of drug-likeness (QED) is 0.111. The van der Waals surface area contributed by atoms with Gasteiger partial charge >= 0.3 is 29.8 Å². The van der Waals surface area contributed by atoms with E-state index >= 15 is 0 Å². The monoisotopic (exact) mass is 772 g/mol. The van der Waals surface area contributed by atoms with Crippen LogP contribution in [0.15, 0.2) is 29.4 Å². The second-order valence-corrected chi connectivity index (χ2v) is 18.6. The summed E-state index contributed by atoms with van der Waals surface area (Å²) in [4.78, 5) is 73.5. The Morgan fingerprint density at radius 3 is 1.29 bits per heavy atom. The Labute approximate surface area is 317 Å². The molecule has 0 aliphatic rings. The van der Waals surface area contributed by atoms with E-state index in [9.17, 15) is 29.1 Å². The van der Waals surface area contributed by atoms with Gasteiger partial charge in [-0.2, -0.15) is 0 Å². The molecule has 0 spiro atoms. The van der Waals surface area contributed by atoms with Gasteiger partial charge in [-0.15, -0.1) is 0 Å². The molecule has 1 aromatic heterocycles. The van der Waals surface area contributed by atoms with Crippen LogP contribution in [0.25, 0.3) is 0 Å². The summed E-state index contributed by atoms with van der Waals surface area (Å²) < 4.78 is 22.1. The van der Waals surface area contributed by atoms with Gasteiger partial charge in [-0.1, -0.05) is 16.9 Å². The first kappa shape index (κ1) is 47.1. The third-order valence-electron chi connectivity index (χ3n) is 6.23. The molecule has 0 aliphatic carbocycles. The molecule has 0 aliphatic heterocycles. The van der Waals surface area contributed by atoms with Crippen LogP contribution < -0.4 is 0 Å². The smallest absolute Gasteiger partial charge is 0.321 e. The van der Waals surface area contributed by atoms with Crippen molar-refractivity contribution in [2.24, 2.45) is 0 Å². The number of nitrogens with zero attached hydrogens (tertiary/aromatic N) is 4. The fourth-order valence-corrected chi connectivity index (χ4v) is 6.66. The molecule has 1 atom stereocenters. The van der Waals surface area contributed by atoms with Crippen LogP contribution in [0.5, 0.6) is 0 Å². The van der Waals surface area contributed by atoms with Gasteiger partial charge in [-0.05, 0) is 106 Å². The molecule has 296 valence electrons. The van der Waals surface area contributed by atoms with Crippen LogP contribution in [-0.2, 0) is 42.9 Å². The molecule has 0 radical (unpaired) electrons. The molecular weight excluding hydrogens is 713 g/mol. The summed E-state index contributed by atoms with van der Waals surface area (Å²) >= 11 is 0. The minimum atomic E-state index is -1.09. The molecule has 1 N–H and O–H groups in total. The zero-order valence-electron chi connectivity index (χ0n) is 33.0. The molecule has 14 nitrogen and oxygen atoms in total. The first-order valence-corrected chi connectivity index (χ1v) is 19.5. The predicted molar refractivity (Wildman–Crippen MR) is 202 cm³/mol. The Hall–Kier alpha value is -2.92. The molecule has 1 aromatic rings. The zero-order valence-corrected chi connectivity index (χ0v) is 34.6. The minimum Gasteiger partial charge on any atom is -0.480 e. The van der Waals surface area contributed by atoms with Crippen LogP contribution in [0, 0.1) is 0 Å². The zero-order chi connectivity index (χ0) is 39.9. The number of hydrogen-bond acceptors (Lipinski definition) is 15. The summed E-state index contributed by atoms with van der Waals surface area (Å²) in [6.07, 6.45) is 1.65. The van der Waals surface area contributed by atoms with E-state index in [2.05, 4.69) is 4.98 Å². The Bertz CT molecular complexity index is 1180. The number of aliphatic carboxylic acids is 1. The van der Waals surface area contributed by atoms with Crippen molar-refractivity contribution in [1.82, 2.24) is 19.7 Å². The second-order valence-electron chi connectivity index (χ2n) is 16.2. The number of esters is 4. The van der Waals surface area contributed by atoms with Crippen LogP contribution in [0.2, 0.25) is 0 Å². The van der Waals surface area contributed by atoms with Gasteiger partial charge in [0.2, 0.25) is 0 Å². The first-order valence-electron chi connectivity index (χ1n) is 17.2. The van der Waals surface area contributed by atoms with Crippen LogP contribution in [0.1, 0.15) is 83.1 Å². The van der Waals surface area contributed by atoms with Gasteiger partial charge in [0.05, 0.1) is 26.2 Å². The van der Waals surface area contributed by atoms with Crippen molar-refractivity contribution in [3.05, 3.63) is 24.4 Å². The van der Waals surface area contributed by atoms with Gasteiger partial charge in [0.25, 0.3) is 0 Å². The van der Waals surface area contributed by atoms with Crippen LogP contribution in [0.4, 0.5) is 0 Å². The fraction of sp³-hybridized carbons (Fsp3) is 0.722. The number of ether oxygens (including phenoxy) is 4. The summed E-state index contributed by atoms with van der Waals surface area (Å²) in [5, 5.41) is 11.2. The number of hydrogen-bond donors (Lipinski definition) is 1. The number of pyridine rings is 1. The summed E-state index contributed by atoms with van der Waals surface area (Å²) in [5.41, 5.74) is -3.04. The molecule has 0 saturated heterocycles.